The van der Waals surface area contributed by atoms with Gasteiger partial charge in [-0.1, -0.05) is 11.8 Å². The lowest BCUT2D eigenvalue weighted by Crippen LogP contribution is -2.26. The molecule has 0 aliphatic carbocycles. The summed E-state index contributed by atoms with van der Waals surface area (Å²) in [7, 11) is 0. The first-order valence-corrected chi connectivity index (χ1v) is 7.98. The number of thioether (sulfide) groups is 1. The minimum absolute atomic E-state index is 0.971. The van der Waals surface area contributed by atoms with E-state index >= 15 is 0 Å². The third-order valence-electron chi connectivity index (χ3n) is 4.38. The predicted molar refractivity (Wildman–Crippen MR) is 86.3 cm³/mol. The third-order valence-corrected chi connectivity index (χ3v) is 5.35. The largest absolute Gasteiger partial charge is 0.365 e. The van der Waals surface area contributed by atoms with E-state index < -0.39 is 0 Å². The number of rotatable bonds is 2. The van der Waals surface area contributed by atoms with Gasteiger partial charge in [0.05, 0.1) is 0 Å². The molecule has 0 amide bonds. The van der Waals surface area contributed by atoms with Crippen LogP contribution >= 0.6 is 11.8 Å². The monoisotopic (exact) mass is 276 g/mol. The van der Waals surface area contributed by atoms with Crippen LogP contribution in [0.4, 0.5) is 0 Å². The molecule has 0 spiro atoms. The Morgan fingerprint density at radius 1 is 0.947 bits per heavy atom. The molecule has 1 aliphatic heterocycles. The van der Waals surface area contributed by atoms with Gasteiger partial charge >= 0.3 is 0 Å². The molecule has 19 heavy (non-hydrogen) atoms. The minimum Gasteiger partial charge on any atom is -0.365 e. The molecule has 1 N–H and O–H groups in total. The van der Waals surface area contributed by atoms with E-state index in [0.717, 1.165) is 30.4 Å². The average molecular weight is 276 g/mol. The molecule has 2 rings (SSSR count). The molecular weight excluding hydrogens is 252 g/mol. The van der Waals surface area contributed by atoms with Crippen molar-refractivity contribution >= 4 is 16.9 Å². The smallest absolute Gasteiger partial charge is 0.156 e. The van der Waals surface area contributed by atoms with Gasteiger partial charge in [0.15, 0.2) is 5.17 Å². The van der Waals surface area contributed by atoms with Gasteiger partial charge in [-0.25, -0.2) is 0 Å². The fraction of sp³-hybridized carbons (Fsp3) is 0.562. The summed E-state index contributed by atoms with van der Waals surface area (Å²) >= 11 is 1.84. The van der Waals surface area contributed by atoms with Crippen molar-refractivity contribution in [3.8, 4) is 0 Å². The van der Waals surface area contributed by atoms with Gasteiger partial charge in [-0.3, -0.25) is 4.99 Å². The number of nitrogens with one attached hydrogen (secondary N) is 1. The highest BCUT2D eigenvalue weighted by molar-refractivity contribution is 8.13. The van der Waals surface area contributed by atoms with Gasteiger partial charge in [-0.15, -0.1) is 0 Å². The lowest BCUT2D eigenvalue weighted by Gasteiger charge is -2.19. The maximum Gasteiger partial charge on any atom is 0.156 e. The summed E-state index contributed by atoms with van der Waals surface area (Å²) in [5.41, 5.74) is 8.71. The highest BCUT2D eigenvalue weighted by Crippen LogP contribution is 2.29. The molecule has 1 aliphatic rings. The summed E-state index contributed by atoms with van der Waals surface area (Å²) in [4.78, 5) is 4.53. The summed E-state index contributed by atoms with van der Waals surface area (Å²) in [6.07, 6.45) is 1.16. The molecule has 0 atom stereocenters. The van der Waals surface area contributed by atoms with Crippen LogP contribution in [0.3, 0.4) is 0 Å². The Hall–Kier alpha value is -0.960. The van der Waals surface area contributed by atoms with Gasteiger partial charge in [0.1, 0.15) is 0 Å². The molecule has 0 bridgehead atoms. The number of nitrogens with zero attached hydrogens (tertiary/aromatic N) is 1. The predicted octanol–water partition coefficient (Wildman–Crippen LogP) is 3.81. The van der Waals surface area contributed by atoms with Gasteiger partial charge in [-0.05, 0) is 74.4 Å². The highest BCUT2D eigenvalue weighted by atomic mass is 32.2. The van der Waals surface area contributed by atoms with Crippen LogP contribution in [-0.2, 0) is 5.75 Å². The summed E-state index contributed by atoms with van der Waals surface area (Å²) in [6.45, 7) is 13.2. The highest BCUT2D eigenvalue weighted by Gasteiger charge is 2.13. The fourth-order valence-corrected chi connectivity index (χ4v) is 3.64. The number of amidine groups is 1. The van der Waals surface area contributed by atoms with Crippen LogP contribution < -0.4 is 5.32 Å². The molecule has 3 heteroatoms. The first-order chi connectivity index (χ1) is 9.02. The second-order valence-electron chi connectivity index (χ2n) is 5.36. The van der Waals surface area contributed by atoms with Gasteiger partial charge < -0.3 is 5.32 Å². The second kappa shape index (κ2) is 6.00. The van der Waals surface area contributed by atoms with Crippen molar-refractivity contribution in [1.29, 1.82) is 0 Å². The molecule has 0 radical (unpaired) electrons. The molecule has 1 aromatic carbocycles. The topological polar surface area (TPSA) is 24.4 Å². The number of hydrogen-bond acceptors (Lipinski definition) is 3. The molecule has 1 aromatic rings. The molecular formula is C16H24N2S. The van der Waals surface area contributed by atoms with E-state index in [0.29, 0.717) is 0 Å². The third kappa shape index (κ3) is 2.97. The fourth-order valence-electron chi connectivity index (χ4n) is 2.54. The van der Waals surface area contributed by atoms with Crippen LogP contribution in [0.25, 0.3) is 0 Å². The van der Waals surface area contributed by atoms with E-state index in [4.69, 9.17) is 0 Å². The van der Waals surface area contributed by atoms with E-state index in [2.05, 4.69) is 44.9 Å². The Balaban J connectivity index is 2.23. The Kier molecular flexibility index (Phi) is 4.56. The van der Waals surface area contributed by atoms with Gasteiger partial charge in [0.25, 0.3) is 0 Å². The van der Waals surface area contributed by atoms with Crippen molar-refractivity contribution in [1.82, 2.24) is 5.32 Å². The summed E-state index contributed by atoms with van der Waals surface area (Å²) < 4.78 is 0. The first-order valence-electron chi connectivity index (χ1n) is 6.99. The van der Waals surface area contributed by atoms with E-state index in [1.165, 1.54) is 33.4 Å². The zero-order valence-corrected chi connectivity index (χ0v) is 13.5. The molecule has 0 unspecified atom stereocenters. The number of aliphatic imine (C=N–C) groups is 1. The van der Waals surface area contributed by atoms with Crippen molar-refractivity contribution < 1.29 is 0 Å². The molecule has 0 saturated heterocycles. The quantitative estimate of drug-likeness (QED) is 0.888. The molecule has 2 nitrogen and oxygen atoms in total. The zero-order chi connectivity index (χ0) is 14.0. The second-order valence-corrected chi connectivity index (χ2v) is 6.32. The van der Waals surface area contributed by atoms with Crippen LogP contribution in [0.1, 0.15) is 39.8 Å². The Morgan fingerprint density at radius 2 is 1.53 bits per heavy atom. The maximum atomic E-state index is 4.53. The first kappa shape index (κ1) is 14.4. The Labute approximate surface area is 121 Å². The lowest BCUT2D eigenvalue weighted by molar-refractivity contribution is 0.751. The molecule has 1 heterocycles. The van der Waals surface area contributed by atoms with E-state index in [-0.39, 0.29) is 0 Å². The van der Waals surface area contributed by atoms with Crippen LogP contribution in [-0.4, -0.2) is 18.3 Å². The van der Waals surface area contributed by atoms with Gasteiger partial charge in [0, 0.05) is 18.8 Å². The molecule has 0 fully saturated rings. The van der Waals surface area contributed by atoms with Crippen molar-refractivity contribution in [3.63, 3.8) is 0 Å². The zero-order valence-electron chi connectivity index (χ0n) is 12.7. The van der Waals surface area contributed by atoms with E-state index in [1.807, 2.05) is 11.8 Å². The molecule has 0 aromatic heterocycles. The van der Waals surface area contributed by atoms with Crippen LogP contribution in [0.5, 0.6) is 0 Å². The van der Waals surface area contributed by atoms with Crippen LogP contribution in [0.15, 0.2) is 4.99 Å². The van der Waals surface area contributed by atoms with Crippen LogP contribution in [0, 0.1) is 34.6 Å². The average Bonchev–Trinajstić information content (AvgIpc) is 2.44. The molecule has 0 saturated carbocycles. The summed E-state index contributed by atoms with van der Waals surface area (Å²) in [5, 5.41) is 4.49. The van der Waals surface area contributed by atoms with Gasteiger partial charge in [-0.2, -0.15) is 0 Å². The Morgan fingerprint density at radius 3 is 2.05 bits per heavy atom. The van der Waals surface area contributed by atoms with Crippen molar-refractivity contribution in [2.75, 3.05) is 13.1 Å². The van der Waals surface area contributed by atoms with E-state index in [1.54, 1.807) is 0 Å². The standard InChI is InChI=1S/C16H24N2S/c1-10-11(2)13(4)15(14(5)12(10)3)9-19-16-17-7-6-8-18-16/h6-9H2,1-5H3,(H,17,18). The minimum atomic E-state index is 0.971. The maximum absolute atomic E-state index is 4.53. The molecule has 104 valence electrons. The van der Waals surface area contributed by atoms with Gasteiger partial charge in [0.2, 0.25) is 0 Å². The van der Waals surface area contributed by atoms with Crippen molar-refractivity contribution in [2.24, 2.45) is 4.99 Å². The summed E-state index contributed by atoms with van der Waals surface area (Å²) in [6, 6.07) is 0. The lowest BCUT2D eigenvalue weighted by atomic mass is 9.90. The Bertz CT molecular complexity index is 489. The number of benzene rings is 1. The SMILES string of the molecule is Cc1c(C)c(C)c(CSC2=NCCCN2)c(C)c1C. The van der Waals surface area contributed by atoms with Crippen LogP contribution in [0.2, 0.25) is 0 Å². The normalized spacial score (nSPS) is 15.1. The number of hydrogen-bond donors (Lipinski definition) is 1. The van der Waals surface area contributed by atoms with E-state index in [9.17, 15) is 0 Å². The summed E-state index contributed by atoms with van der Waals surface area (Å²) in [5.74, 6) is 1.02. The van der Waals surface area contributed by atoms with Crippen molar-refractivity contribution in [2.45, 2.75) is 46.8 Å². The van der Waals surface area contributed by atoms with Crippen molar-refractivity contribution in [3.05, 3.63) is 33.4 Å².